The standard InChI is InChI=1S/C17H12F2N2O2S/c1-23-12-4-2-3-10(7-12)15-9-24-17(20-15)21-16(22)13-6-5-11(18)8-14(13)19/h2-9H,1H3,(H,20,21,22). The number of benzene rings is 2. The molecular weight excluding hydrogens is 334 g/mol. The number of carbonyl (C=O) groups excluding carboxylic acids is 1. The first-order valence-electron chi connectivity index (χ1n) is 6.93. The monoisotopic (exact) mass is 346 g/mol. The highest BCUT2D eigenvalue weighted by Crippen LogP contribution is 2.27. The molecule has 0 atom stereocenters. The van der Waals surface area contributed by atoms with E-state index in [0.717, 1.165) is 17.7 Å². The fraction of sp³-hybridized carbons (Fsp3) is 0.0588. The maximum absolute atomic E-state index is 13.6. The molecule has 0 fully saturated rings. The van der Waals surface area contributed by atoms with Crippen molar-refractivity contribution in [3.63, 3.8) is 0 Å². The summed E-state index contributed by atoms with van der Waals surface area (Å²) in [6.45, 7) is 0. The van der Waals surface area contributed by atoms with Gasteiger partial charge in [-0.3, -0.25) is 10.1 Å². The lowest BCUT2D eigenvalue weighted by Gasteiger charge is -2.03. The Balaban J connectivity index is 1.79. The largest absolute Gasteiger partial charge is 0.497 e. The number of thiazole rings is 1. The van der Waals surface area contributed by atoms with Crippen molar-refractivity contribution in [1.82, 2.24) is 4.98 Å². The molecule has 122 valence electrons. The Kier molecular flexibility index (Phi) is 4.52. The summed E-state index contributed by atoms with van der Waals surface area (Å²) in [5.41, 5.74) is 1.25. The van der Waals surface area contributed by atoms with Gasteiger partial charge in [0.05, 0.1) is 18.4 Å². The molecule has 1 N–H and O–H groups in total. The van der Waals surface area contributed by atoms with E-state index in [9.17, 15) is 13.6 Å². The summed E-state index contributed by atoms with van der Waals surface area (Å²) in [4.78, 5) is 16.4. The number of halogens is 2. The van der Waals surface area contributed by atoms with Gasteiger partial charge in [0.15, 0.2) is 5.13 Å². The van der Waals surface area contributed by atoms with Crippen molar-refractivity contribution in [3.05, 3.63) is 65.0 Å². The molecule has 0 aliphatic heterocycles. The second kappa shape index (κ2) is 6.76. The number of aromatic nitrogens is 1. The van der Waals surface area contributed by atoms with Crippen LogP contribution in [-0.4, -0.2) is 18.0 Å². The molecule has 7 heteroatoms. The smallest absolute Gasteiger partial charge is 0.260 e. The number of nitrogens with zero attached hydrogens (tertiary/aromatic N) is 1. The molecule has 1 heterocycles. The average Bonchev–Trinajstić information content (AvgIpc) is 3.03. The van der Waals surface area contributed by atoms with Crippen LogP contribution in [0.1, 0.15) is 10.4 Å². The van der Waals surface area contributed by atoms with Crippen LogP contribution in [0.5, 0.6) is 5.75 Å². The molecule has 3 rings (SSSR count). The molecule has 1 aromatic heterocycles. The minimum absolute atomic E-state index is 0.241. The number of rotatable bonds is 4. The highest BCUT2D eigenvalue weighted by Gasteiger charge is 2.14. The third-order valence-electron chi connectivity index (χ3n) is 3.27. The lowest BCUT2D eigenvalue weighted by Crippen LogP contribution is -2.13. The molecule has 0 spiro atoms. The zero-order chi connectivity index (χ0) is 17.1. The number of amides is 1. The molecule has 0 aliphatic carbocycles. The summed E-state index contributed by atoms with van der Waals surface area (Å²) in [5, 5.41) is 4.60. The van der Waals surface area contributed by atoms with E-state index in [4.69, 9.17) is 4.74 Å². The van der Waals surface area contributed by atoms with Gasteiger partial charge in [-0.15, -0.1) is 11.3 Å². The van der Waals surface area contributed by atoms with Crippen molar-refractivity contribution < 1.29 is 18.3 Å². The van der Waals surface area contributed by atoms with Crippen LogP contribution in [0, 0.1) is 11.6 Å². The molecule has 0 bridgehead atoms. The topological polar surface area (TPSA) is 51.2 Å². The van der Waals surface area contributed by atoms with E-state index >= 15 is 0 Å². The summed E-state index contributed by atoms with van der Waals surface area (Å²) in [5.74, 6) is -1.64. The van der Waals surface area contributed by atoms with Crippen molar-refractivity contribution in [3.8, 4) is 17.0 Å². The Labute approximate surface area is 140 Å². The summed E-state index contributed by atoms with van der Waals surface area (Å²) in [6, 6.07) is 10.1. The van der Waals surface area contributed by atoms with E-state index in [1.165, 1.54) is 11.3 Å². The van der Waals surface area contributed by atoms with Crippen LogP contribution >= 0.6 is 11.3 Å². The van der Waals surface area contributed by atoms with Gasteiger partial charge in [0.1, 0.15) is 17.4 Å². The Morgan fingerprint density at radius 2 is 2.04 bits per heavy atom. The van der Waals surface area contributed by atoms with Crippen molar-refractivity contribution in [1.29, 1.82) is 0 Å². The number of methoxy groups -OCH3 is 1. The van der Waals surface area contributed by atoms with Gasteiger partial charge in [-0.25, -0.2) is 13.8 Å². The summed E-state index contributed by atoms with van der Waals surface area (Å²) < 4.78 is 31.7. The molecule has 0 saturated heterocycles. The van der Waals surface area contributed by atoms with Gasteiger partial charge in [0.25, 0.3) is 5.91 Å². The molecule has 0 unspecified atom stereocenters. The van der Waals surface area contributed by atoms with Crippen LogP contribution in [0.25, 0.3) is 11.3 Å². The van der Waals surface area contributed by atoms with Crippen LogP contribution in [0.15, 0.2) is 47.8 Å². The van der Waals surface area contributed by atoms with Crippen LogP contribution in [0.3, 0.4) is 0 Å². The van der Waals surface area contributed by atoms with Gasteiger partial charge in [-0.2, -0.15) is 0 Å². The van der Waals surface area contributed by atoms with Crippen LogP contribution in [0.4, 0.5) is 13.9 Å². The second-order valence-corrected chi connectivity index (χ2v) is 5.71. The molecule has 0 radical (unpaired) electrons. The molecule has 0 aliphatic rings. The number of carbonyl (C=O) groups is 1. The second-order valence-electron chi connectivity index (χ2n) is 4.85. The first-order chi connectivity index (χ1) is 11.6. The third-order valence-corrected chi connectivity index (χ3v) is 4.02. The highest BCUT2D eigenvalue weighted by atomic mass is 32.1. The van der Waals surface area contributed by atoms with Crippen molar-refractivity contribution in [2.75, 3.05) is 12.4 Å². The minimum Gasteiger partial charge on any atom is -0.497 e. The average molecular weight is 346 g/mol. The quantitative estimate of drug-likeness (QED) is 0.764. The molecule has 0 saturated carbocycles. The number of ether oxygens (including phenoxy) is 1. The number of nitrogens with one attached hydrogen (secondary N) is 1. The van der Waals surface area contributed by atoms with Crippen molar-refractivity contribution in [2.24, 2.45) is 0 Å². The summed E-state index contributed by atoms with van der Waals surface area (Å²) >= 11 is 1.21. The Morgan fingerprint density at radius 3 is 2.79 bits per heavy atom. The van der Waals surface area contributed by atoms with E-state index in [2.05, 4.69) is 10.3 Å². The molecule has 2 aromatic carbocycles. The van der Waals surface area contributed by atoms with E-state index in [-0.39, 0.29) is 5.56 Å². The first kappa shape index (κ1) is 16.1. The van der Waals surface area contributed by atoms with Crippen LogP contribution in [-0.2, 0) is 0 Å². The molecule has 3 aromatic rings. The molecular formula is C17H12F2N2O2S. The van der Waals surface area contributed by atoms with Gasteiger partial charge in [0, 0.05) is 17.0 Å². The molecule has 4 nitrogen and oxygen atoms in total. The lowest BCUT2D eigenvalue weighted by atomic mass is 10.2. The van der Waals surface area contributed by atoms with Crippen LogP contribution < -0.4 is 10.1 Å². The lowest BCUT2D eigenvalue weighted by molar-refractivity contribution is 0.102. The van der Waals surface area contributed by atoms with Crippen LogP contribution in [0.2, 0.25) is 0 Å². The third kappa shape index (κ3) is 3.41. The van der Waals surface area contributed by atoms with Gasteiger partial charge in [-0.1, -0.05) is 12.1 Å². The zero-order valence-corrected chi connectivity index (χ0v) is 13.4. The van der Waals surface area contributed by atoms with Gasteiger partial charge in [-0.05, 0) is 24.3 Å². The maximum Gasteiger partial charge on any atom is 0.260 e. The normalized spacial score (nSPS) is 10.5. The maximum atomic E-state index is 13.6. The fourth-order valence-corrected chi connectivity index (χ4v) is 2.80. The zero-order valence-electron chi connectivity index (χ0n) is 12.5. The van der Waals surface area contributed by atoms with E-state index in [1.54, 1.807) is 12.5 Å². The van der Waals surface area contributed by atoms with Gasteiger partial charge >= 0.3 is 0 Å². The Morgan fingerprint density at radius 1 is 1.21 bits per heavy atom. The van der Waals surface area contributed by atoms with Crippen molar-refractivity contribution in [2.45, 2.75) is 0 Å². The molecule has 24 heavy (non-hydrogen) atoms. The van der Waals surface area contributed by atoms with E-state index < -0.39 is 17.5 Å². The predicted molar refractivity (Wildman–Crippen MR) is 88.4 cm³/mol. The Hall–Kier alpha value is -2.80. The predicted octanol–water partition coefficient (Wildman–Crippen LogP) is 4.35. The van der Waals surface area contributed by atoms with E-state index in [1.807, 2.05) is 24.3 Å². The minimum atomic E-state index is -0.919. The molecule has 1 amide bonds. The van der Waals surface area contributed by atoms with Gasteiger partial charge < -0.3 is 4.74 Å². The van der Waals surface area contributed by atoms with Gasteiger partial charge in [0.2, 0.25) is 0 Å². The highest BCUT2D eigenvalue weighted by molar-refractivity contribution is 7.14. The number of hydrogen-bond donors (Lipinski definition) is 1. The van der Waals surface area contributed by atoms with Crippen molar-refractivity contribution >= 4 is 22.4 Å². The summed E-state index contributed by atoms with van der Waals surface area (Å²) in [7, 11) is 1.57. The number of hydrogen-bond acceptors (Lipinski definition) is 4. The SMILES string of the molecule is COc1cccc(-c2csc(NC(=O)c3ccc(F)cc3F)n2)c1. The summed E-state index contributed by atoms with van der Waals surface area (Å²) in [6.07, 6.45) is 0. The number of anilines is 1. The Bertz CT molecular complexity index is 896. The fourth-order valence-electron chi connectivity index (χ4n) is 2.08. The first-order valence-corrected chi connectivity index (χ1v) is 7.81. The van der Waals surface area contributed by atoms with E-state index in [0.29, 0.717) is 22.6 Å².